The van der Waals surface area contributed by atoms with E-state index in [2.05, 4.69) is 42.5 Å². The predicted molar refractivity (Wildman–Crippen MR) is 98.9 cm³/mol. The lowest BCUT2D eigenvalue weighted by atomic mass is 9.69. The SMILES string of the molecule is CN1C(=O)C2(CCC(=O)CC2)c2cc(CCc3ccccc3)ccc21. The van der Waals surface area contributed by atoms with Crippen molar-refractivity contribution in [1.82, 2.24) is 0 Å². The van der Waals surface area contributed by atoms with Crippen LogP contribution in [0.1, 0.15) is 42.4 Å². The highest BCUT2D eigenvalue weighted by Gasteiger charge is 2.50. The van der Waals surface area contributed by atoms with Crippen LogP contribution >= 0.6 is 0 Å². The summed E-state index contributed by atoms with van der Waals surface area (Å²) in [5.74, 6) is 0.449. The number of fused-ring (bicyclic) bond motifs is 2. The molecule has 2 aromatic rings. The molecule has 0 atom stereocenters. The van der Waals surface area contributed by atoms with Crippen LogP contribution in [0.15, 0.2) is 48.5 Å². The number of amides is 1. The number of likely N-dealkylation sites (N-methyl/N-ethyl adjacent to an activating group) is 1. The van der Waals surface area contributed by atoms with Gasteiger partial charge in [-0.15, -0.1) is 0 Å². The fraction of sp³-hybridized carbons (Fsp3) is 0.364. The average Bonchev–Trinajstić information content (AvgIpc) is 2.85. The number of rotatable bonds is 3. The maximum atomic E-state index is 13.0. The molecule has 0 radical (unpaired) electrons. The largest absolute Gasteiger partial charge is 0.314 e. The minimum atomic E-state index is -0.471. The van der Waals surface area contributed by atoms with Crippen molar-refractivity contribution in [3.05, 3.63) is 65.2 Å². The van der Waals surface area contributed by atoms with Gasteiger partial charge in [-0.3, -0.25) is 9.59 Å². The van der Waals surface area contributed by atoms with E-state index in [1.807, 2.05) is 13.1 Å². The first-order chi connectivity index (χ1) is 12.1. The highest BCUT2D eigenvalue weighted by Crippen LogP contribution is 2.49. The normalized spacial score (nSPS) is 18.7. The monoisotopic (exact) mass is 333 g/mol. The zero-order valence-corrected chi connectivity index (χ0v) is 14.6. The Labute approximate surface area is 148 Å². The lowest BCUT2D eigenvalue weighted by molar-refractivity contribution is -0.127. The number of ketones is 1. The lowest BCUT2D eigenvalue weighted by Crippen LogP contribution is -2.41. The highest BCUT2D eigenvalue weighted by atomic mass is 16.2. The van der Waals surface area contributed by atoms with Gasteiger partial charge >= 0.3 is 0 Å². The molecular formula is C22H23NO2. The van der Waals surface area contributed by atoms with E-state index in [1.54, 1.807) is 4.90 Å². The smallest absolute Gasteiger partial charge is 0.237 e. The van der Waals surface area contributed by atoms with Gasteiger partial charge in [-0.2, -0.15) is 0 Å². The summed E-state index contributed by atoms with van der Waals surface area (Å²) in [5.41, 5.74) is 4.28. The minimum Gasteiger partial charge on any atom is -0.314 e. The summed E-state index contributed by atoms with van der Waals surface area (Å²) in [4.78, 5) is 26.4. The van der Waals surface area contributed by atoms with Crippen molar-refractivity contribution in [3.8, 4) is 0 Å². The summed E-state index contributed by atoms with van der Waals surface area (Å²) in [6.45, 7) is 0. The summed E-state index contributed by atoms with van der Waals surface area (Å²) < 4.78 is 0. The molecular weight excluding hydrogens is 310 g/mol. The maximum Gasteiger partial charge on any atom is 0.237 e. The first kappa shape index (κ1) is 16.1. The molecule has 2 aliphatic rings. The molecule has 0 N–H and O–H groups in total. The molecule has 1 fully saturated rings. The van der Waals surface area contributed by atoms with E-state index in [0.29, 0.717) is 25.7 Å². The van der Waals surface area contributed by atoms with Gasteiger partial charge < -0.3 is 4.90 Å². The number of anilines is 1. The van der Waals surface area contributed by atoms with Gasteiger partial charge in [0.15, 0.2) is 0 Å². The second-order valence-electron chi connectivity index (χ2n) is 7.32. The lowest BCUT2D eigenvalue weighted by Gasteiger charge is -2.31. The molecule has 1 spiro atoms. The van der Waals surface area contributed by atoms with Gasteiger partial charge in [0.2, 0.25) is 5.91 Å². The second-order valence-corrected chi connectivity index (χ2v) is 7.32. The first-order valence-electron chi connectivity index (χ1n) is 9.07. The average molecular weight is 333 g/mol. The number of nitrogens with zero attached hydrogens (tertiary/aromatic N) is 1. The molecule has 1 amide bonds. The Morgan fingerprint density at radius 1 is 0.920 bits per heavy atom. The topological polar surface area (TPSA) is 37.4 Å². The number of hydrogen-bond acceptors (Lipinski definition) is 2. The summed E-state index contributed by atoms with van der Waals surface area (Å²) in [6.07, 6.45) is 4.31. The molecule has 128 valence electrons. The molecule has 0 saturated heterocycles. The van der Waals surface area contributed by atoms with E-state index in [-0.39, 0.29) is 11.7 Å². The Balaban J connectivity index is 1.63. The Hall–Kier alpha value is -2.42. The van der Waals surface area contributed by atoms with Gasteiger partial charge in [-0.05, 0) is 48.4 Å². The van der Waals surface area contributed by atoms with Crippen LogP contribution in [0.3, 0.4) is 0 Å². The van der Waals surface area contributed by atoms with Crippen LogP contribution in [-0.4, -0.2) is 18.7 Å². The van der Waals surface area contributed by atoms with Gasteiger partial charge in [0.05, 0.1) is 5.41 Å². The number of hydrogen-bond donors (Lipinski definition) is 0. The quantitative estimate of drug-likeness (QED) is 0.856. The minimum absolute atomic E-state index is 0.162. The van der Waals surface area contributed by atoms with Gasteiger partial charge in [-0.25, -0.2) is 0 Å². The van der Waals surface area contributed by atoms with Crippen LogP contribution in [0.4, 0.5) is 5.69 Å². The van der Waals surface area contributed by atoms with E-state index in [4.69, 9.17) is 0 Å². The zero-order chi connectivity index (χ0) is 17.4. The number of Topliss-reactive ketones (excluding diaryl/α,β-unsaturated/α-hetero) is 1. The summed E-state index contributed by atoms with van der Waals surface area (Å²) in [5, 5.41) is 0. The molecule has 4 rings (SSSR count). The van der Waals surface area contributed by atoms with Gasteiger partial charge in [0, 0.05) is 25.6 Å². The molecule has 0 unspecified atom stereocenters. The summed E-state index contributed by atoms with van der Waals surface area (Å²) >= 11 is 0. The number of carbonyl (C=O) groups is 2. The molecule has 1 aliphatic carbocycles. The number of benzene rings is 2. The van der Waals surface area contributed by atoms with Crippen LogP contribution in [0, 0.1) is 0 Å². The van der Waals surface area contributed by atoms with Crippen molar-refractivity contribution in [2.24, 2.45) is 0 Å². The molecule has 3 heteroatoms. The van der Waals surface area contributed by atoms with Gasteiger partial charge in [-0.1, -0.05) is 42.5 Å². The molecule has 0 aromatic heterocycles. The molecule has 25 heavy (non-hydrogen) atoms. The second kappa shape index (κ2) is 6.14. The first-order valence-corrected chi connectivity index (χ1v) is 9.07. The van der Waals surface area contributed by atoms with Crippen LogP contribution < -0.4 is 4.90 Å². The van der Waals surface area contributed by atoms with Crippen molar-refractivity contribution in [2.45, 2.75) is 43.9 Å². The third kappa shape index (κ3) is 2.68. The van der Waals surface area contributed by atoms with Crippen molar-refractivity contribution in [3.63, 3.8) is 0 Å². The number of aryl methyl sites for hydroxylation is 2. The predicted octanol–water partition coefficient (Wildman–Crippen LogP) is 3.83. The van der Waals surface area contributed by atoms with E-state index in [0.717, 1.165) is 24.1 Å². The van der Waals surface area contributed by atoms with Gasteiger partial charge in [0.1, 0.15) is 5.78 Å². The third-order valence-corrected chi connectivity index (χ3v) is 5.86. The number of carbonyl (C=O) groups excluding carboxylic acids is 2. The maximum absolute atomic E-state index is 13.0. The Morgan fingerprint density at radius 3 is 2.32 bits per heavy atom. The van der Waals surface area contributed by atoms with Crippen molar-refractivity contribution < 1.29 is 9.59 Å². The van der Waals surface area contributed by atoms with Gasteiger partial charge in [0.25, 0.3) is 0 Å². The van der Waals surface area contributed by atoms with Crippen LogP contribution in [0.25, 0.3) is 0 Å². The van der Waals surface area contributed by atoms with E-state index < -0.39 is 5.41 Å². The summed E-state index contributed by atoms with van der Waals surface area (Å²) in [7, 11) is 1.86. The third-order valence-electron chi connectivity index (χ3n) is 5.86. The Bertz CT molecular complexity index is 815. The van der Waals surface area contributed by atoms with E-state index in [1.165, 1.54) is 11.1 Å². The highest BCUT2D eigenvalue weighted by molar-refractivity contribution is 6.08. The fourth-order valence-electron chi connectivity index (χ4n) is 4.33. The van der Waals surface area contributed by atoms with E-state index in [9.17, 15) is 9.59 Å². The molecule has 1 heterocycles. The standard InChI is InChI=1S/C22H23NO2/c1-23-20-10-9-17(8-7-16-5-3-2-4-6-16)15-19(20)22(21(23)25)13-11-18(24)12-14-22/h2-6,9-10,15H,7-8,11-14H2,1H3. The van der Waals surface area contributed by atoms with Crippen molar-refractivity contribution in [1.29, 1.82) is 0 Å². The molecule has 0 bridgehead atoms. The summed E-state index contributed by atoms with van der Waals surface area (Å²) in [6, 6.07) is 16.9. The molecule has 3 nitrogen and oxygen atoms in total. The Kier molecular flexibility index (Phi) is 3.95. The fourth-order valence-corrected chi connectivity index (χ4v) is 4.33. The molecule has 1 saturated carbocycles. The molecule has 2 aromatic carbocycles. The van der Waals surface area contributed by atoms with Crippen LogP contribution in [0.5, 0.6) is 0 Å². The zero-order valence-electron chi connectivity index (χ0n) is 14.6. The Morgan fingerprint density at radius 2 is 1.60 bits per heavy atom. The van der Waals surface area contributed by atoms with Crippen LogP contribution in [-0.2, 0) is 27.8 Å². The van der Waals surface area contributed by atoms with E-state index >= 15 is 0 Å². The van der Waals surface area contributed by atoms with Crippen molar-refractivity contribution in [2.75, 3.05) is 11.9 Å². The van der Waals surface area contributed by atoms with Crippen LogP contribution in [0.2, 0.25) is 0 Å². The van der Waals surface area contributed by atoms with Crippen molar-refractivity contribution >= 4 is 17.4 Å². The molecule has 1 aliphatic heterocycles.